The first-order valence-electron chi connectivity index (χ1n) is 19.3. The highest BCUT2D eigenvalue weighted by atomic mass is 16.5. The highest BCUT2D eigenvalue weighted by molar-refractivity contribution is 5.70. The summed E-state index contributed by atoms with van der Waals surface area (Å²) in [6.07, 6.45) is -9.81. The first kappa shape index (κ1) is 40.6. The molecule has 9 rings (SSSR count). The highest BCUT2D eigenvalue weighted by Gasteiger charge is 2.50. The number of hydrogen-bond acceptors (Lipinski definition) is 18. The van der Waals surface area contributed by atoms with Gasteiger partial charge in [0, 0.05) is 58.5 Å². The number of aliphatic hydroxyl groups is 3. The lowest BCUT2D eigenvalue weighted by Crippen LogP contribution is -2.38. The Morgan fingerprint density at radius 1 is 0.381 bits per heavy atom. The Hall–Kier alpha value is -7.80. The second-order valence-corrected chi connectivity index (χ2v) is 15.7. The number of aromatic hydroxyl groups is 12. The van der Waals surface area contributed by atoms with Crippen molar-refractivity contribution in [1.29, 1.82) is 0 Å². The number of hydrogen-bond donors (Lipinski definition) is 15. The van der Waals surface area contributed by atoms with E-state index < -0.39 is 123 Å². The Morgan fingerprint density at radius 2 is 0.841 bits per heavy atom. The van der Waals surface area contributed by atoms with Crippen LogP contribution in [0.3, 0.4) is 0 Å². The zero-order valence-electron chi connectivity index (χ0n) is 32.3. The molecule has 0 bridgehead atoms. The third-order valence-electron chi connectivity index (χ3n) is 11.8. The summed E-state index contributed by atoms with van der Waals surface area (Å²) >= 11 is 0. The van der Waals surface area contributed by atoms with Crippen molar-refractivity contribution in [3.8, 4) is 86.2 Å². The lowest BCUT2D eigenvalue weighted by Gasteiger charge is -2.42. The molecule has 0 saturated heterocycles. The molecule has 63 heavy (non-hydrogen) atoms. The molecule has 326 valence electrons. The van der Waals surface area contributed by atoms with Crippen LogP contribution in [0.25, 0.3) is 0 Å². The summed E-state index contributed by atoms with van der Waals surface area (Å²) in [6.45, 7) is 0. The summed E-state index contributed by atoms with van der Waals surface area (Å²) < 4.78 is 18.6. The molecule has 0 saturated carbocycles. The van der Waals surface area contributed by atoms with E-state index >= 15 is 0 Å². The molecular formula is C45H38O18. The van der Waals surface area contributed by atoms with Gasteiger partial charge in [-0.25, -0.2) is 0 Å². The fraction of sp³-hybridized carbons (Fsp3) is 0.200. The molecule has 0 aliphatic carbocycles. The average molecular weight is 867 g/mol. The molecule has 0 amide bonds. The molecule has 18 heteroatoms. The second kappa shape index (κ2) is 14.7. The molecule has 0 unspecified atom stereocenters. The van der Waals surface area contributed by atoms with E-state index in [0.29, 0.717) is 0 Å². The molecule has 6 aromatic rings. The summed E-state index contributed by atoms with van der Waals surface area (Å²) in [5, 5.41) is 166. The zero-order chi connectivity index (χ0) is 44.9. The van der Waals surface area contributed by atoms with Gasteiger partial charge >= 0.3 is 0 Å². The third-order valence-corrected chi connectivity index (χ3v) is 11.8. The van der Waals surface area contributed by atoms with Gasteiger partial charge < -0.3 is 90.8 Å². The Labute approximate surface area is 354 Å². The van der Waals surface area contributed by atoms with Gasteiger partial charge in [-0.1, -0.05) is 18.2 Å². The minimum absolute atomic E-state index is 0.0518. The first-order chi connectivity index (χ1) is 29.9. The van der Waals surface area contributed by atoms with Crippen molar-refractivity contribution in [3.63, 3.8) is 0 Å². The van der Waals surface area contributed by atoms with Gasteiger partial charge in [-0.3, -0.25) is 0 Å². The third kappa shape index (κ3) is 6.46. The predicted octanol–water partition coefficient (Wildman–Crippen LogP) is 4.44. The van der Waals surface area contributed by atoms with Crippen molar-refractivity contribution < 1.29 is 90.8 Å². The average Bonchev–Trinajstić information content (AvgIpc) is 3.22. The van der Waals surface area contributed by atoms with Crippen LogP contribution in [0.15, 0.2) is 78.9 Å². The summed E-state index contributed by atoms with van der Waals surface area (Å²) in [5.41, 5.74) is -1.20. The molecule has 3 heterocycles. The maximum absolute atomic E-state index is 12.6. The fourth-order valence-electron chi connectivity index (χ4n) is 8.93. The first-order valence-corrected chi connectivity index (χ1v) is 19.3. The van der Waals surface area contributed by atoms with E-state index in [2.05, 4.69) is 0 Å². The molecule has 0 aromatic heterocycles. The van der Waals surface area contributed by atoms with E-state index in [-0.39, 0.29) is 62.6 Å². The van der Waals surface area contributed by atoms with Crippen LogP contribution in [0.1, 0.15) is 74.7 Å². The van der Waals surface area contributed by atoms with Crippen LogP contribution in [0, 0.1) is 0 Å². The zero-order valence-corrected chi connectivity index (χ0v) is 32.3. The molecule has 3 aliphatic heterocycles. The van der Waals surface area contributed by atoms with Crippen LogP contribution in [-0.4, -0.2) is 94.9 Å². The monoisotopic (exact) mass is 866 g/mol. The van der Waals surface area contributed by atoms with Crippen molar-refractivity contribution >= 4 is 0 Å². The molecule has 6 aromatic carbocycles. The van der Waals surface area contributed by atoms with Gasteiger partial charge in [0.25, 0.3) is 0 Å². The van der Waals surface area contributed by atoms with E-state index in [1.165, 1.54) is 18.2 Å². The summed E-state index contributed by atoms with van der Waals surface area (Å²) in [4.78, 5) is 0. The van der Waals surface area contributed by atoms with Crippen molar-refractivity contribution in [2.75, 3.05) is 0 Å². The number of rotatable bonds is 5. The Morgan fingerprint density at radius 3 is 1.37 bits per heavy atom. The maximum Gasteiger partial charge on any atom is 0.157 e. The van der Waals surface area contributed by atoms with Gasteiger partial charge in [0.15, 0.2) is 46.7 Å². The smallest absolute Gasteiger partial charge is 0.157 e. The topological polar surface area (TPSA) is 331 Å². The van der Waals surface area contributed by atoms with Crippen LogP contribution in [0.5, 0.6) is 86.2 Å². The van der Waals surface area contributed by atoms with E-state index in [9.17, 15) is 76.6 Å². The Kier molecular flexibility index (Phi) is 9.46. The molecule has 8 atom stereocenters. The Bertz CT molecular complexity index is 2840. The largest absolute Gasteiger partial charge is 0.508 e. The Balaban J connectivity index is 1.29. The van der Waals surface area contributed by atoms with Gasteiger partial charge in [0.1, 0.15) is 70.1 Å². The number of aliphatic hydroxyl groups excluding tert-OH is 3. The summed E-state index contributed by atoms with van der Waals surface area (Å²) in [6, 6.07) is 14.6. The minimum atomic E-state index is -1.90. The quantitative estimate of drug-likeness (QED) is 0.106. The highest BCUT2D eigenvalue weighted by Crippen LogP contribution is 2.61. The second-order valence-electron chi connectivity index (χ2n) is 15.7. The van der Waals surface area contributed by atoms with Crippen LogP contribution < -0.4 is 14.2 Å². The van der Waals surface area contributed by atoms with Crippen molar-refractivity contribution in [2.24, 2.45) is 0 Å². The molecule has 18 nitrogen and oxygen atoms in total. The van der Waals surface area contributed by atoms with E-state index in [1.54, 1.807) is 0 Å². The normalized spacial score (nSPS) is 23.6. The molecule has 15 N–H and O–H groups in total. The van der Waals surface area contributed by atoms with Crippen molar-refractivity contribution in [3.05, 3.63) is 123 Å². The van der Waals surface area contributed by atoms with Crippen molar-refractivity contribution in [2.45, 2.75) is 54.9 Å². The van der Waals surface area contributed by atoms with E-state index in [0.717, 1.165) is 60.7 Å². The SMILES string of the molecule is Oc1cc(O)c2c(c1)O[C@H](c1ccc(O)c(O)c1)[C@H](O)[C@@H]2c1c(O)cc2c(c1O)[C@H](c1c(O)cc(O)c3c1O[C@H](c1ccc(O)c(O)c1)[C@H](O)C3)[C@@H](O)[C@@H](c1ccc(O)c(O)c1)O2. The van der Waals surface area contributed by atoms with E-state index in [4.69, 9.17) is 14.2 Å². The number of phenolic OH excluding ortho intramolecular Hbond substituents is 12. The maximum atomic E-state index is 12.6. The lowest BCUT2D eigenvalue weighted by molar-refractivity contribution is -0.000173. The van der Waals surface area contributed by atoms with Gasteiger partial charge in [0.2, 0.25) is 0 Å². The minimum Gasteiger partial charge on any atom is -0.508 e. The number of ether oxygens (including phenoxy) is 3. The van der Waals surface area contributed by atoms with Gasteiger partial charge in [-0.2, -0.15) is 0 Å². The van der Waals surface area contributed by atoms with Crippen LogP contribution in [0.4, 0.5) is 0 Å². The molecule has 0 spiro atoms. The van der Waals surface area contributed by atoms with Crippen LogP contribution in [-0.2, 0) is 6.42 Å². The lowest BCUT2D eigenvalue weighted by atomic mass is 9.74. The van der Waals surface area contributed by atoms with E-state index in [1.807, 2.05) is 0 Å². The van der Waals surface area contributed by atoms with Gasteiger partial charge in [0.05, 0.1) is 17.9 Å². The molecule has 0 fully saturated rings. The van der Waals surface area contributed by atoms with Gasteiger partial charge in [-0.15, -0.1) is 0 Å². The number of benzene rings is 6. The standard InChI is InChI=1S/C45H38O18/c46-18-10-27(54)33-31(11-18)61-43(16-2-5-21(48)25(52)8-16)40(59)37(33)34-29(56)14-32-36(39(34)58)38(41(60)44(62-32)17-3-6-22(49)26(53)9-17)35-28(55)13-23(50)19-12-30(57)42(63-45(19)35)15-1-4-20(47)24(51)7-15/h1-11,13-14,30,37-38,40-44,46-60H,12H2/t30-,37+,38+,40-,41-,42-,43-,44-/m1/s1. The van der Waals surface area contributed by atoms with Crippen molar-refractivity contribution in [1.82, 2.24) is 0 Å². The van der Waals surface area contributed by atoms with Crippen LogP contribution in [0.2, 0.25) is 0 Å². The number of fused-ring (bicyclic) bond motifs is 3. The van der Waals surface area contributed by atoms with Gasteiger partial charge in [-0.05, 0) is 53.1 Å². The molecule has 3 aliphatic rings. The summed E-state index contributed by atoms with van der Waals surface area (Å²) in [7, 11) is 0. The molecule has 0 radical (unpaired) electrons. The van der Waals surface area contributed by atoms with Crippen LogP contribution >= 0.6 is 0 Å². The fourth-order valence-corrected chi connectivity index (χ4v) is 8.93. The summed E-state index contributed by atoms with van der Waals surface area (Å²) in [5.74, 6) is -11.5. The predicted molar refractivity (Wildman–Crippen MR) is 214 cm³/mol. The number of phenols is 12. The molecular weight excluding hydrogens is 828 g/mol.